The molecule has 0 aliphatic carbocycles. The molecule has 0 bridgehead atoms. The average molecular weight is 515 g/mol. The van der Waals surface area contributed by atoms with Gasteiger partial charge in [0.2, 0.25) is 0 Å². The minimum absolute atomic E-state index is 0.0642. The van der Waals surface area contributed by atoms with Crippen LogP contribution in [0.4, 0.5) is 5.69 Å². The average Bonchev–Trinajstić information content (AvgIpc) is 3.36. The first kappa shape index (κ1) is 26.8. The maximum atomic E-state index is 12.3. The third-order valence-corrected chi connectivity index (χ3v) is 6.22. The fraction of sp³-hybridized carbons (Fsp3) is 0.290. The first-order valence-corrected chi connectivity index (χ1v) is 12.9. The number of furan rings is 1. The lowest BCUT2D eigenvalue weighted by molar-refractivity contribution is -0.142. The molecular weight excluding hydrogens is 480 g/mol. The summed E-state index contributed by atoms with van der Waals surface area (Å²) in [6.45, 7) is 7.08. The van der Waals surface area contributed by atoms with E-state index in [1.807, 2.05) is 66.7 Å². The Labute approximate surface area is 223 Å². The Hall–Kier alpha value is -4.26. The summed E-state index contributed by atoms with van der Waals surface area (Å²) in [5.41, 5.74) is 3.30. The maximum absolute atomic E-state index is 12.3. The number of fused-ring (bicyclic) bond motifs is 1. The van der Waals surface area contributed by atoms with Crippen molar-refractivity contribution in [2.75, 3.05) is 25.1 Å². The Kier molecular flexibility index (Phi) is 9.03. The summed E-state index contributed by atoms with van der Waals surface area (Å²) in [5.74, 6) is 1.38. The molecule has 1 amide bonds. The van der Waals surface area contributed by atoms with Crippen LogP contribution in [0.2, 0.25) is 0 Å². The van der Waals surface area contributed by atoms with Crippen LogP contribution >= 0.6 is 0 Å². The highest BCUT2D eigenvalue weighted by Gasteiger charge is 2.15. The van der Waals surface area contributed by atoms with Crippen LogP contribution in [0.5, 0.6) is 5.75 Å². The molecule has 7 heteroatoms. The van der Waals surface area contributed by atoms with Crippen LogP contribution in [-0.2, 0) is 9.53 Å². The quantitative estimate of drug-likeness (QED) is 0.216. The molecule has 7 nitrogen and oxygen atoms in total. The van der Waals surface area contributed by atoms with Crippen LogP contribution in [0.25, 0.3) is 22.3 Å². The van der Waals surface area contributed by atoms with Gasteiger partial charge in [0.15, 0.2) is 0 Å². The standard InChI is InChI=1S/C31H34N2O5/c1-4-36-30(34)17-18-32-31(35)23-9-13-25(14-10-23)33-27(21(2)3)20-37-26-15-11-22(12-16-26)29-19-24-7-5-6-8-28(24)38-29/h5-16,19,21,27,33H,4,17-18,20H2,1-3H3,(H,32,35). The second kappa shape index (κ2) is 12.8. The third-order valence-electron chi connectivity index (χ3n) is 6.22. The predicted molar refractivity (Wildman–Crippen MR) is 149 cm³/mol. The summed E-state index contributed by atoms with van der Waals surface area (Å²) in [5, 5.41) is 7.33. The van der Waals surface area contributed by atoms with Gasteiger partial charge in [-0.25, -0.2) is 0 Å². The van der Waals surface area contributed by atoms with E-state index in [1.165, 1.54) is 0 Å². The highest BCUT2D eigenvalue weighted by molar-refractivity contribution is 5.94. The topological polar surface area (TPSA) is 89.8 Å². The Morgan fingerprint density at radius 1 is 0.947 bits per heavy atom. The number of ether oxygens (including phenoxy) is 2. The number of benzene rings is 3. The van der Waals surface area contributed by atoms with Crippen molar-refractivity contribution in [3.05, 3.63) is 84.4 Å². The minimum Gasteiger partial charge on any atom is -0.491 e. The van der Waals surface area contributed by atoms with Crippen LogP contribution in [0.15, 0.2) is 83.3 Å². The second-order valence-corrected chi connectivity index (χ2v) is 9.37. The van der Waals surface area contributed by atoms with Crippen LogP contribution in [0, 0.1) is 5.92 Å². The van der Waals surface area contributed by atoms with Crippen molar-refractivity contribution in [1.29, 1.82) is 0 Å². The largest absolute Gasteiger partial charge is 0.491 e. The molecule has 0 saturated heterocycles. The smallest absolute Gasteiger partial charge is 0.307 e. The fourth-order valence-electron chi connectivity index (χ4n) is 3.97. The number of carbonyl (C=O) groups is 2. The van der Waals surface area contributed by atoms with E-state index in [2.05, 4.69) is 24.5 Å². The van der Waals surface area contributed by atoms with Crippen LogP contribution < -0.4 is 15.4 Å². The highest BCUT2D eigenvalue weighted by Crippen LogP contribution is 2.29. The van der Waals surface area contributed by atoms with Crippen molar-refractivity contribution in [3.63, 3.8) is 0 Å². The van der Waals surface area contributed by atoms with Crippen LogP contribution in [0.3, 0.4) is 0 Å². The number of para-hydroxylation sites is 1. The van der Waals surface area contributed by atoms with E-state index in [-0.39, 0.29) is 30.9 Å². The first-order valence-electron chi connectivity index (χ1n) is 12.9. The van der Waals surface area contributed by atoms with Gasteiger partial charge in [-0.05, 0) is 73.5 Å². The lowest BCUT2D eigenvalue weighted by Gasteiger charge is -2.24. The number of hydrogen-bond donors (Lipinski definition) is 2. The summed E-state index contributed by atoms with van der Waals surface area (Å²) in [7, 11) is 0. The molecule has 1 heterocycles. The number of amides is 1. The molecule has 0 saturated carbocycles. The van der Waals surface area contributed by atoms with E-state index in [9.17, 15) is 9.59 Å². The van der Waals surface area contributed by atoms with Gasteiger partial charge >= 0.3 is 5.97 Å². The molecule has 4 rings (SSSR count). The van der Waals surface area contributed by atoms with Crippen molar-refractivity contribution in [1.82, 2.24) is 5.32 Å². The summed E-state index contributed by atoms with van der Waals surface area (Å²) in [4.78, 5) is 23.8. The van der Waals surface area contributed by atoms with Gasteiger partial charge in [0, 0.05) is 28.7 Å². The third kappa shape index (κ3) is 7.16. The second-order valence-electron chi connectivity index (χ2n) is 9.37. The van der Waals surface area contributed by atoms with Gasteiger partial charge in [-0.3, -0.25) is 9.59 Å². The van der Waals surface area contributed by atoms with Gasteiger partial charge in [0.05, 0.1) is 19.1 Å². The van der Waals surface area contributed by atoms with Crippen molar-refractivity contribution in [2.45, 2.75) is 33.2 Å². The van der Waals surface area contributed by atoms with E-state index in [0.29, 0.717) is 24.7 Å². The molecule has 0 radical (unpaired) electrons. The molecule has 0 aliphatic rings. The van der Waals surface area contributed by atoms with Crippen molar-refractivity contribution in [3.8, 4) is 17.1 Å². The zero-order valence-corrected chi connectivity index (χ0v) is 22.0. The van der Waals surface area contributed by atoms with E-state index < -0.39 is 0 Å². The van der Waals surface area contributed by atoms with Crippen molar-refractivity contribution >= 4 is 28.5 Å². The molecule has 2 N–H and O–H groups in total. The molecule has 1 aromatic heterocycles. The van der Waals surface area contributed by atoms with E-state index >= 15 is 0 Å². The summed E-state index contributed by atoms with van der Waals surface area (Å²) < 4.78 is 16.9. The maximum Gasteiger partial charge on any atom is 0.307 e. The van der Waals surface area contributed by atoms with Gasteiger partial charge in [-0.15, -0.1) is 0 Å². The normalized spacial score (nSPS) is 11.8. The monoisotopic (exact) mass is 514 g/mol. The Balaban J connectivity index is 1.29. The lowest BCUT2D eigenvalue weighted by Crippen LogP contribution is -2.32. The van der Waals surface area contributed by atoms with Gasteiger partial charge in [0.1, 0.15) is 23.7 Å². The molecule has 198 valence electrons. The molecule has 0 aliphatic heterocycles. The number of anilines is 1. The summed E-state index contributed by atoms with van der Waals surface area (Å²) in [6, 6.07) is 25.3. The van der Waals surface area contributed by atoms with Crippen LogP contribution in [-0.4, -0.2) is 37.7 Å². The molecule has 3 aromatic carbocycles. The molecule has 0 fully saturated rings. The molecule has 4 aromatic rings. The number of rotatable bonds is 12. The molecule has 38 heavy (non-hydrogen) atoms. The molecular formula is C31H34N2O5. The number of esters is 1. The van der Waals surface area contributed by atoms with Crippen LogP contribution in [0.1, 0.15) is 37.6 Å². The summed E-state index contributed by atoms with van der Waals surface area (Å²) in [6.07, 6.45) is 0.151. The Morgan fingerprint density at radius 2 is 1.68 bits per heavy atom. The summed E-state index contributed by atoms with van der Waals surface area (Å²) >= 11 is 0. The number of carbonyl (C=O) groups excluding carboxylic acids is 2. The fourth-order valence-corrected chi connectivity index (χ4v) is 3.97. The highest BCUT2D eigenvalue weighted by atomic mass is 16.5. The molecule has 0 spiro atoms. The van der Waals surface area contributed by atoms with Gasteiger partial charge in [-0.1, -0.05) is 32.0 Å². The molecule has 1 unspecified atom stereocenters. The van der Waals surface area contributed by atoms with E-state index in [1.54, 1.807) is 19.1 Å². The Bertz CT molecular complexity index is 1310. The molecule has 1 atom stereocenters. The van der Waals surface area contributed by atoms with Crippen molar-refractivity contribution in [2.24, 2.45) is 5.92 Å². The van der Waals surface area contributed by atoms with E-state index in [4.69, 9.17) is 13.9 Å². The van der Waals surface area contributed by atoms with Gasteiger partial charge in [-0.2, -0.15) is 0 Å². The zero-order valence-electron chi connectivity index (χ0n) is 22.0. The minimum atomic E-state index is -0.323. The number of nitrogens with one attached hydrogen (secondary N) is 2. The van der Waals surface area contributed by atoms with Gasteiger partial charge < -0.3 is 24.5 Å². The SMILES string of the molecule is CCOC(=O)CCNC(=O)c1ccc(NC(COc2ccc(-c3cc4ccccc4o3)cc2)C(C)C)cc1. The van der Waals surface area contributed by atoms with E-state index in [0.717, 1.165) is 33.7 Å². The lowest BCUT2D eigenvalue weighted by atomic mass is 10.0. The number of hydrogen-bond acceptors (Lipinski definition) is 6. The Morgan fingerprint density at radius 3 is 2.37 bits per heavy atom. The van der Waals surface area contributed by atoms with Gasteiger partial charge in [0.25, 0.3) is 5.91 Å². The first-order chi connectivity index (χ1) is 18.4. The predicted octanol–water partition coefficient (Wildman–Crippen LogP) is 6.30. The zero-order chi connectivity index (χ0) is 26.9. The van der Waals surface area contributed by atoms with Crippen molar-refractivity contribution < 1.29 is 23.5 Å².